The Kier molecular flexibility index (Phi) is 7.92. The van der Waals surface area contributed by atoms with E-state index >= 15 is 0 Å². The number of hydrogen-bond donors (Lipinski definition) is 1. The molecule has 1 unspecified atom stereocenters. The zero-order valence-electron chi connectivity index (χ0n) is 31.7. The van der Waals surface area contributed by atoms with Gasteiger partial charge < -0.3 is 0 Å². The molecule has 2 aromatic rings. The second-order valence-electron chi connectivity index (χ2n) is 21.2. The van der Waals surface area contributed by atoms with E-state index in [1.807, 2.05) is 0 Å². The van der Waals surface area contributed by atoms with Crippen LogP contribution in [0.3, 0.4) is 0 Å². The van der Waals surface area contributed by atoms with Crippen LogP contribution in [0.2, 0.25) is 0 Å². The third kappa shape index (κ3) is 5.63. The number of rotatable bonds is 7. The van der Waals surface area contributed by atoms with Crippen LogP contribution in [-0.4, -0.2) is 19.3 Å². The van der Waals surface area contributed by atoms with Crippen molar-refractivity contribution in [2.75, 3.05) is 0 Å². The van der Waals surface area contributed by atoms with Gasteiger partial charge in [-0.15, -0.1) is 0 Å². The highest BCUT2D eigenvalue weighted by molar-refractivity contribution is 7.84. The summed E-state index contributed by atoms with van der Waals surface area (Å²) < 4.78 is 17.8. The fraction of sp³-hybridized carbons (Fsp3) is 0.733. The van der Waals surface area contributed by atoms with Crippen LogP contribution >= 0.6 is 7.92 Å². The molecular formula is C45H64NOPS. The molecule has 0 aliphatic heterocycles. The Morgan fingerprint density at radius 3 is 1.59 bits per heavy atom. The Bertz CT molecular complexity index is 1530. The molecule has 8 saturated carbocycles. The molecule has 8 fully saturated rings. The Balaban J connectivity index is 1.23. The normalized spacial score (nSPS) is 39.8. The van der Waals surface area contributed by atoms with Crippen LogP contribution in [0.5, 0.6) is 0 Å². The minimum absolute atomic E-state index is 0.0739. The molecule has 9 aliphatic carbocycles. The van der Waals surface area contributed by atoms with Crippen molar-refractivity contribution in [3.05, 3.63) is 64.7 Å². The van der Waals surface area contributed by atoms with Gasteiger partial charge in [-0.05, 0) is 195 Å². The molecule has 49 heavy (non-hydrogen) atoms. The van der Waals surface area contributed by atoms with Gasteiger partial charge in [-0.3, -0.25) is 0 Å². The lowest BCUT2D eigenvalue weighted by molar-refractivity contribution is 0.0195. The van der Waals surface area contributed by atoms with Crippen LogP contribution in [0.15, 0.2) is 42.5 Å². The van der Waals surface area contributed by atoms with E-state index in [9.17, 15) is 4.21 Å². The molecular weight excluding hydrogens is 634 g/mol. The van der Waals surface area contributed by atoms with Crippen molar-refractivity contribution in [2.45, 2.75) is 170 Å². The van der Waals surface area contributed by atoms with E-state index in [1.165, 1.54) is 112 Å². The molecule has 9 aliphatic rings. The summed E-state index contributed by atoms with van der Waals surface area (Å²) in [4.78, 5) is 0. The van der Waals surface area contributed by atoms with Gasteiger partial charge in [0, 0.05) is 0 Å². The lowest BCUT2D eigenvalue weighted by Gasteiger charge is -2.67. The standard InChI is InChI=1S/C45H64NOPS/c1-41(2,3)49(47)46-40(35-12-13-37-38(22-35)43(6,7)15-14-42(37,4)5)36-10-8-9-11-39(36)48(44-23-29-16-30(24-44)18-31(17-29)25-44)45-26-32-19-33(27-45)21-34(20-32)28-45/h8-13,22,29-34,40,46H,14-21,23-28H2,1-7H3/t29?,30?,31?,32?,33?,34?,40-,44?,45?,48?,49?/m1/s1. The minimum Gasteiger partial charge on any atom is -0.242 e. The summed E-state index contributed by atoms with van der Waals surface area (Å²) >= 11 is 0. The van der Waals surface area contributed by atoms with E-state index in [-0.39, 0.29) is 29.5 Å². The van der Waals surface area contributed by atoms with Gasteiger partial charge in [-0.2, -0.15) is 0 Å². The Morgan fingerprint density at radius 1 is 0.673 bits per heavy atom. The summed E-state index contributed by atoms with van der Waals surface area (Å²) in [7, 11) is -1.57. The van der Waals surface area contributed by atoms with E-state index in [0.29, 0.717) is 10.3 Å². The number of benzene rings is 2. The molecule has 0 saturated heterocycles. The molecule has 0 spiro atoms. The lowest BCUT2D eigenvalue weighted by atomic mass is 9.55. The lowest BCUT2D eigenvalue weighted by Crippen LogP contribution is -2.58. The summed E-state index contributed by atoms with van der Waals surface area (Å²) in [6.07, 6.45) is 20.5. The van der Waals surface area contributed by atoms with E-state index in [4.69, 9.17) is 0 Å². The van der Waals surface area contributed by atoms with Crippen molar-refractivity contribution in [3.63, 3.8) is 0 Å². The summed E-state index contributed by atoms with van der Waals surface area (Å²) in [6, 6.07) is 17.2. The maximum Gasteiger partial charge on any atom is 0.0979 e. The largest absolute Gasteiger partial charge is 0.242 e. The summed E-state index contributed by atoms with van der Waals surface area (Å²) in [6.45, 7) is 16.2. The Hall–Kier alpha value is -1.02. The second-order valence-corrected chi connectivity index (χ2v) is 26.2. The van der Waals surface area contributed by atoms with Gasteiger partial charge in [0.15, 0.2) is 0 Å². The van der Waals surface area contributed by atoms with Crippen LogP contribution in [0.4, 0.5) is 0 Å². The fourth-order valence-electron chi connectivity index (χ4n) is 14.0. The van der Waals surface area contributed by atoms with Gasteiger partial charge in [-0.25, -0.2) is 8.93 Å². The van der Waals surface area contributed by atoms with Crippen molar-refractivity contribution in [2.24, 2.45) is 35.5 Å². The van der Waals surface area contributed by atoms with E-state index in [0.717, 1.165) is 35.5 Å². The zero-order chi connectivity index (χ0) is 34.1. The third-order valence-corrected chi connectivity index (χ3v) is 20.9. The van der Waals surface area contributed by atoms with E-state index in [2.05, 4.69) is 95.7 Å². The van der Waals surface area contributed by atoms with Gasteiger partial charge in [0.2, 0.25) is 0 Å². The van der Waals surface area contributed by atoms with Crippen molar-refractivity contribution in [1.82, 2.24) is 4.72 Å². The van der Waals surface area contributed by atoms with Crippen molar-refractivity contribution in [3.8, 4) is 0 Å². The van der Waals surface area contributed by atoms with Crippen molar-refractivity contribution < 1.29 is 4.21 Å². The van der Waals surface area contributed by atoms with Gasteiger partial charge in [-0.1, -0.05) is 78.1 Å². The molecule has 11 rings (SSSR count). The van der Waals surface area contributed by atoms with Crippen molar-refractivity contribution >= 4 is 24.2 Å². The quantitative estimate of drug-likeness (QED) is 0.287. The molecule has 2 aromatic carbocycles. The highest BCUT2D eigenvalue weighted by Gasteiger charge is 2.63. The molecule has 2 nitrogen and oxygen atoms in total. The van der Waals surface area contributed by atoms with Crippen LogP contribution in [0.1, 0.15) is 167 Å². The fourth-order valence-corrected chi connectivity index (χ4v) is 20.2. The van der Waals surface area contributed by atoms with Crippen LogP contribution in [0, 0.1) is 35.5 Å². The molecule has 2 atom stereocenters. The SMILES string of the molecule is CC1(C)CCC(C)(C)c2cc([C@@H](NS(=O)C(C)(C)C)c3ccccc3P(C34CC5CC(CC(C5)C3)C4)C34CC5CC(CC(C5)C3)C4)ccc21. The van der Waals surface area contributed by atoms with Gasteiger partial charge in [0.1, 0.15) is 0 Å². The molecule has 4 heteroatoms. The predicted molar refractivity (Wildman–Crippen MR) is 209 cm³/mol. The molecule has 0 heterocycles. The Labute approximate surface area is 302 Å². The van der Waals surface area contributed by atoms with Crippen LogP contribution in [-0.2, 0) is 21.8 Å². The molecule has 0 aromatic heterocycles. The van der Waals surface area contributed by atoms with Crippen LogP contribution < -0.4 is 10.0 Å². The highest BCUT2D eigenvalue weighted by Crippen LogP contribution is 2.78. The monoisotopic (exact) mass is 697 g/mol. The first-order valence-corrected chi connectivity index (χ1v) is 22.8. The Morgan fingerprint density at radius 2 is 1.12 bits per heavy atom. The molecule has 1 N–H and O–H groups in total. The summed E-state index contributed by atoms with van der Waals surface area (Å²) in [5.41, 5.74) is 6.13. The highest BCUT2D eigenvalue weighted by atomic mass is 32.2. The van der Waals surface area contributed by atoms with E-state index < -0.39 is 11.0 Å². The summed E-state index contributed by atoms with van der Waals surface area (Å²) in [5, 5.41) is 2.71. The molecule has 266 valence electrons. The van der Waals surface area contributed by atoms with Gasteiger partial charge >= 0.3 is 0 Å². The first kappa shape index (κ1) is 33.8. The first-order valence-electron chi connectivity index (χ1n) is 20.4. The topological polar surface area (TPSA) is 29.1 Å². The molecule has 0 radical (unpaired) electrons. The van der Waals surface area contributed by atoms with Crippen molar-refractivity contribution in [1.29, 1.82) is 0 Å². The summed E-state index contributed by atoms with van der Waals surface area (Å²) in [5.74, 6) is 5.78. The average molecular weight is 698 g/mol. The third-order valence-electron chi connectivity index (χ3n) is 15.4. The first-order chi connectivity index (χ1) is 23.1. The van der Waals surface area contributed by atoms with E-state index in [1.54, 1.807) is 5.30 Å². The smallest absolute Gasteiger partial charge is 0.0979 e. The maximum absolute atomic E-state index is 14.3. The zero-order valence-corrected chi connectivity index (χ0v) is 33.5. The molecule has 8 bridgehead atoms. The van der Waals surface area contributed by atoms with Crippen LogP contribution in [0.25, 0.3) is 0 Å². The van der Waals surface area contributed by atoms with Gasteiger partial charge in [0.25, 0.3) is 0 Å². The van der Waals surface area contributed by atoms with Gasteiger partial charge in [0.05, 0.1) is 21.8 Å². The second kappa shape index (κ2) is 11.5. The maximum atomic E-state index is 14.3. The number of fused-ring (bicyclic) bond motifs is 1. The minimum atomic E-state index is -1.19. The predicted octanol–water partition coefficient (Wildman–Crippen LogP) is 11.2. The molecule has 0 amide bonds. The number of hydrogen-bond acceptors (Lipinski definition) is 1. The number of nitrogens with one attached hydrogen (secondary N) is 1. The average Bonchev–Trinajstić information content (AvgIpc) is 3.00.